The summed E-state index contributed by atoms with van der Waals surface area (Å²) >= 11 is 0. The van der Waals surface area contributed by atoms with E-state index in [2.05, 4.69) is 5.32 Å². The van der Waals surface area contributed by atoms with Crippen LogP contribution < -0.4 is 5.32 Å². The number of carbonyl (C=O) groups is 1. The van der Waals surface area contributed by atoms with E-state index in [1.165, 1.54) is 5.56 Å². The van der Waals surface area contributed by atoms with Gasteiger partial charge in [-0.2, -0.15) is 0 Å². The highest BCUT2D eigenvalue weighted by molar-refractivity contribution is 5.95. The lowest BCUT2D eigenvalue weighted by molar-refractivity contribution is 0.0853. The van der Waals surface area contributed by atoms with Crippen LogP contribution in [0.3, 0.4) is 0 Å². The Hall–Kier alpha value is -1.39. The molecule has 1 aromatic rings. The number of ether oxygens (including phenoxy) is 2. The molecule has 4 heteroatoms. The van der Waals surface area contributed by atoms with Crippen LogP contribution in [0.25, 0.3) is 0 Å². The van der Waals surface area contributed by atoms with Crippen molar-refractivity contribution < 1.29 is 14.3 Å². The van der Waals surface area contributed by atoms with E-state index in [0.717, 1.165) is 43.8 Å². The molecule has 1 saturated heterocycles. The third-order valence-electron chi connectivity index (χ3n) is 3.76. The summed E-state index contributed by atoms with van der Waals surface area (Å²) in [5, 5.41) is 2.94. The van der Waals surface area contributed by atoms with Gasteiger partial charge < -0.3 is 14.8 Å². The van der Waals surface area contributed by atoms with E-state index in [9.17, 15) is 4.79 Å². The fourth-order valence-corrected chi connectivity index (χ4v) is 2.50. The van der Waals surface area contributed by atoms with Crippen molar-refractivity contribution in [2.75, 3.05) is 33.0 Å². The van der Waals surface area contributed by atoms with Crippen molar-refractivity contribution >= 4 is 5.91 Å². The standard InChI is InChI=1S/C17H25NO3/c1-13-4-5-16(14(2)10-13)17(19)18-7-3-8-20-11-15-6-9-21-12-15/h4-5,10,15H,3,6-9,11-12H2,1-2H3,(H,18,19)/t15-/m0/s1. The molecule has 116 valence electrons. The van der Waals surface area contributed by atoms with Crippen LogP contribution in [0.1, 0.15) is 34.3 Å². The maximum absolute atomic E-state index is 12.1. The van der Waals surface area contributed by atoms with Crippen LogP contribution in [-0.2, 0) is 9.47 Å². The summed E-state index contributed by atoms with van der Waals surface area (Å²) in [5.74, 6) is 0.548. The Balaban J connectivity index is 1.60. The van der Waals surface area contributed by atoms with Crippen LogP contribution in [0.4, 0.5) is 0 Å². The Morgan fingerprint density at radius 3 is 3.00 bits per heavy atom. The lowest BCUT2D eigenvalue weighted by Gasteiger charge is -2.10. The quantitative estimate of drug-likeness (QED) is 0.785. The van der Waals surface area contributed by atoms with Crippen LogP contribution in [-0.4, -0.2) is 38.9 Å². The zero-order valence-corrected chi connectivity index (χ0v) is 13.0. The zero-order valence-electron chi connectivity index (χ0n) is 13.0. The van der Waals surface area contributed by atoms with Crippen molar-refractivity contribution in [3.63, 3.8) is 0 Å². The van der Waals surface area contributed by atoms with Crippen LogP contribution in [0, 0.1) is 19.8 Å². The van der Waals surface area contributed by atoms with Gasteiger partial charge >= 0.3 is 0 Å². The molecule has 1 aromatic carbocycles. The number of nitrogens with one attached hydrogen (secondary N) is 1. The molecule has 0 spiro atoms. The largest absolute Gasteiger partial charge is 0.381 e. The third-order valence-corrected chi connectivity index (χ3v) is 3.76. The zero-order chi connectivity index (χ0) is 15.1. The molecule has 1 aliphatic heterocycles. The first-order valence-corrected chi connectivity index (χ1v) is 7.68. The van der Waals surface area contributed by atoms with Crippen LogP contribution in [0.2, 0.25) is 0 Å². The highest BCUT2D eigenvalue weighted by atomic mass is 16.5. The first-order chi connectivity index (χ1) is 10.2. The van der Waals surface area contributed by atoms with E-state index in [-0.39, 0.29) is 5.91 Å². The Morgan fingerprint density at radius 1 is 1.43 bits per heavy atom. The van der Waals surface area contributed by atoms with Crippen molar-refractivity contribution in [1.82, 2.24) is 5.32 Å². The molecule has 0 aliphatic carbocycles. The summed E-state index contributed by atoms with van der Waals surface area (Å²) in [7, 11) is 0. The number of amides is 1. The molecule has 0 radical (unpaired) electrons. The molecule has 0 saturated carbocycles. The van der Waals surface area contributed by atoms with E-state index in [1.807, 2.05) is 32.0 Å². The van der Waals surface area contributed by atoms with Gasteiger partial charge in [-0.1, -0.05) is 17.7 Å². The van der Waals surface area contributed by atoms with Crippen LogP contribution in [0.15, 0.2) is 18.2 Å². The maximum Gasteiger partial charge on any atom is 0.251 e. The average molecular weight is 291 g/mol. The number of hydrogen-bond donors (Lipinski definition) is 1. The van der Waals surface area contributed by atoms with Gasteiger partial charge in [0.05, 0.1) is 13.2 Å². The molecule has 1 heterocycles. The molecule has 1 atom stereocenters. The third kappa shape index (κ3) is 5.14. The highest BCUT2D eigenvalue weighted by Crippen LogP contribution is 2.12. The molecule has 4 nitrogen and oxygen atoms in total. The summed E-state index contributed by atoms with van der Waals surface area (Å²) in [4.78, 5) is 12.1. The lowest BCUT2D eigenvalue weighted by atomic mass is 10.1. The molecule has 2 rings (SSSR count). The minimum absolute atomic E-state index is 0.00306. The summed E-state index contributed by atoms with van der Waals surface area (Å²) in [6.07, 6.45) is 1.94. The SMILES string of the molecule is Cc1ccc(C(=O)NCCCOC[C@@H]2CCOC2)c(C)c1. The number of aryl methyl sites for hydroxylation is 2. The molecular weight excluding hydrogens is 266 g/mol. The Bertz CT molecular complexity index is 467. The minimum atomic E-state index is -0.00306. The van der Waals surface area contributed by atoms with E-state index in [0.29, 0.717) is 19.1 Å². The number of rotatable bonds is 7. The maximum atomic E-state index is 12.1. The van der Waals surface area contributed by atoms with Gasteiger partial charge in [0.25, 0.3) is 5.91 Å². The van der Waals surface area contributed by atoms with E-state index < -0.39 is 0 Å². The predicted octanol–water partition coefficient (Wildman–Crippen LogP) is 2.48. The highest BCUT2D eigenvalue weighted by Gasteiger charge is 2.15. The van der Waals surface area contributed by atoms with Gasteiger partial charge in [0.15, 0.2) is 0 Å². The van der Waals surface area contributed by atoms with Gasteiger partial charge in [-0.3, -0.25) is 4.79 Å². The van der Waals surface area contributed by atoms with Gasteiger partial charge in [-0.25, -0.2) is 0 Å². The van der Waals surface area contributed by atoms with Crippen molar-refractivity contribution in [2.24, 2.45) is 5.92 Å². The van der Waals surface area contributed by atoms with Gasteiger partial charge in [0.1, 0.15) is 0 Å². The monoisotopic (exact) mass is 291 g/mol. The number of benzene rings is 1. The fraction of sp³-hybridized carbons (Fsp3) is 0.588. The van der Waals surface area contributed by atoms with Crippen molar-refractivity contribution in [3.05, 3.63) is 34.9 Å². The van der Waals surface area contributed by atoms with E-state index >= 15 is 0 Å². The van der Waals surface area contributed by atoms with Gasteiger partial charge in [0.2, 0.25) is 0 Å². The predicted molar refractivity (Wildman–Crippen MR) is 82.6 cm³/mol. The second kappa shape index (κ2) is 8.15. The molecule has 1 aliphatic rings. The Morgan fingerprint density at radius 2 is 2.29 bits per heavy atom. The topological polar surface area (TPSA) is 47.6 Å². The second-order valence-corrected chi connectivity index (χ2v) is 5.73. The van der Waals surface area contributed by atoms with Crippen molar-refractivity contribution in [1.29, 1.82) is 0 Å². The molecule has 0 aromatic heterocycles. The van der Waals surface area contributed by atoms with Crippen LogP contribution >= 0.6 is 0 Å². The first-order valence-electron chi connectivity index (χ1n) is 7.68. The summed E-state index contributed by atoms with van der Waals surface area (Å²) < 4.78 is 10.9. The fourth-order valence-electron chi connectivity index (χ4n) is 2.50. The minimum Gasteiger partial charge on any atom is -0.381 e. The summed E-state index contributed by atoms with van der Waals surface area (Å²) in [5.41, 5.74) is 2.95. The molecule has 21 heavy (non-hydrogen) atoms. The van der Waals surface area contributed by atoms with Gasteiger partial charge in [-0.05, 0) is 38.3 Å². The smallest absolute Gasteiger partial charge is 0.251 e. The molecule has 1 amide bonds. The van der Waals surface area contributed by atoms with E-state index in [1.54, 1.807) is 0 Å². The van der Waals surface area contributed by atoms with Crippen molar-refractivity contribution in [3.8, 4) is 0 Å². The van der Waals surface area contributed by atoms with Crippen molar-refractivity contribution in [2.45, 2.75) is 26.7 Å². The molecular formula is C17H25NO3. The number of hydrogen-bond acceptors (Lipinski definition) is 3. The Kier molecular flexibility index (Phi) is 6.21. The van der Waals surface area contributed by atoms with Gasteiger partial charge in [0, 0.05) is 31.2 Å². The molecule has 1 N–H and O–H groups in total. The average Bonchev–Trinajstić information content (AvgIpc) is 2.95. The molecule has 0 unspecified atom stereocenters. The molecule has 1 fully saturated rings. The first kappa shape index (κ1) is 16.0. The summed E-state index contributed by atoms with van der Waals surface area (Å²) in [6.45, 7) is 7.78. The molecule has 0 bridgehead atoms. The summed E-state index contributed by atoms with van der Waals surface area (Å²) in [6, 6.07) is 5.88. The normalized spacial score (nSPS) is 17.9. The lowest BCUT2D eigenvalue weighted by Crippen LogP contribution is -2.26. The van der Waals surface area contributed by atoms with Gasteiger partial charge in [-0.15, -0.1) is 0 Å². The second-order valence-electron chi connectivity index (χ2n) is 5.73. The van der Waals surface area contributed by atoms with E-state index in [4.69, 9.17) is 9.47 Å². The number of carbonyl (C=O) groups excluding carboxylic acids is 1. The Labute approximate surface area is 126 Å². The van der Waals surface area contributed by atoms with Crippen LogP contribution in [0.5, 0.6) is 0 Å².